The van der Waals surface area contributed by atoms with Gasteiger partial charge in [-0.1, -0.05) is 0 Å². The van der Waals surface area contributed by atoms with Gasteiger partial charge in [0.2, 0.25) is 10.0 Å². The van der Waals surface area contributed by atoms with Gasteiger partial charge in [0, 0.05) is 19.8 Å². The van der Waals surface area contributed by atoms with Crippen LogP contribution in [0.25, 0.3) is 0 Å². The Balaban J connectivity index is 1.95. The molecule has 1 aromatic heterocycles. The molecule has 0 amide bonds. The molecule has 1 unspecified atom stereocenters. The highest BCUT2D eigenvalue weighted by atomic mass is 32.2. The van der Waals surface area contributed by atoms with Crippen molar-refractivity contribution in [3.05, 3.63) is 11.4 Å². The molecule has 2 heterocycles. The van der Waals surface area contributed by atoms with Crippen molar-refractivity contribution in [2.45, 2.75) is 31.6 Å². The number of aromatic amines is 1. The third-order valence-corrected chi connectivity index (χ3v) is 4.92. The van der Waals surface area contributed by atoms with Crippen LogP contribution in [-0.4, -0.2) is 38.4 Å². The van der Waals surface area contributed by atoms with Gasteiger partial charge in [0.25, 0.3) is 0 Å². The Morgan fingerprint density at radius 2 is 2.28 bits per heavy atom. The standard InChI is InChI=1S/C11H19N3O3S/c1-8-11(9(2)14-13-8)18(15,16)12-5-3-10-4-6-17-7-10/h10,12H,3-7H2,1-2H3,(H,13,14). The summed E-state index contributed by atoms with van der Waals surface area (Å²) >= 11 is 0. The summed E-state index contributed by atoms with van der Waals surface area (Å²) in [5, 5.41) is 6.59. The maximum Gasteiger partial charge on any atom is 0.244 e. The molecule has 6 nitrogen and oxygen atoms in total. The van der Waals surface area contributed by atoms with Crippen molar-refractivity contribution in [2.24, 2.45) is 5.92 Å². The average Bonchev–Trinajstić information content (AvgIpc) is 2.89. The fraction of sp³-hybridized carbons (Fsp3) is 0.727. The Bertz CT molecular complexity index is 484. The maximum absolute atomic E-state index is 12.1. The number of nitrogens with zero attached hydrogens (tertiary/aromatic N) is 1. The summed E-state index contributed by atoms with van der Waals surface area (Å²) in [6.07, 6.45) is 1.83. The van der Waals surface area contributed by atoms with Gasteiger partial charge in [-0.2, -0.15) is 5.10 Å². The molecule has 1 aliphatic heterocycles. The van der Waals surface area contributed by atoms with E-state index in [-0.39, 0.29) is 4.90 Å². The second-order valence-corrected chi connectivity index (χ2v) is 6.38. The van der Waals surface area contributed by atoms with Crippen LogP contribution in [0.2, 0.25) is 0 Å². The van der Waals surface area contributed by atoms with E-state index in [9.17, 15) is 8.42 Å². The summed E-state index contributed by atoms with van der Waals surface area (Å²) < 4.78 is 32.1. The molecule has 2 N–H and O–H groups in total. The van der Waals surface area contributed by atoms with Crippen LogP contribution < -0.4 is 4.72 Å². The van der Waals surface area contributed by atoms with Crippen molar-refractivity contribution >= 4 is 10.0 Å². The van der Waals surface area contributed by atoms with Gasteiger partial charge < -0.3 is 4.74 Å². The van der Waals surface area contributed by atoms with Crippen LogP contribution in [0.4, 0.5) is 0 Å². The second-order valence-electron chi connectivity index (χ2n) is 4.68. The fourth-order valence-electron chi connectivity index (χ4n) is 2.22. The fourth-order valence-corrected chi connectivity index (χ4v) is 3.63. The highest BCUT2D eigenvalue weighted by Gasteiger charge is 2.22. The number of ether oxygens (including phenoxy) is 1. The molecule has 0 spiro atoms. The third kappa shape index (κ3) is 2.90. The largest absolute Gasteiger partial charge is 0.381 e. The van der Waals surface area contributed by atoms with Crippen LogP contribution in [0.1, 0.15) is 24.2 Å². The topological polar surface area (TPSA) is 84.1 Å². The summed E-state index contributed by atoms with van der Waals surface area (Å²) in [4.78, 5) is 0.269. The van der Waals surface area contributed by atoms with E-state index in [0.717, 1.165) is 26.1 Å². The molecule has 0 saturated carbocycles. The van der Waals surface area contributed by atoms with Gasteiger partial charge in [-0.05, 0) is 32.6 Å². The van der Waals surface area contributed by atoms with E-state index in [2.05, 4.69) is 14.9 Å². The molecular weight excluding hydrogens is 254 g/mol. The smallest absolute Gasteiger partial charge is 0.244 e. The molecule has 0 aromatic carbocycles. The minimum absolute atomic E-state index is 0.269. The Hall–Kier alpha value is -0.920. The van der Waals surface area contributed by atoms with Crippen molar-refractivity contribution in [3.8, 4) is 0 Å². The lowest BCUT2D eigenvalue weighted by molar-refractivity contribution is 0.184. The predicted octanol–water partition coefficient (Wildman–Crippen LogP) is 0.731. The first kappa shape index (κ1) is 13.5. The number of aryl methyl sites for hydroxylation is 2. The van der Waals surface area contributed by atoms with Crippen molar-refractivity contribution in [2.75, 3.05) is 19.8 Å². The first-order chi connectivity index (χ1) is 8.50. The van der Waals surface area contributed by atoms with Crippen molar-refractivity contribution in [3.63, 3.8) is 0 Å². The molecule has 7 heteroatoms. The van der Waals surface area contributed by atoms with E-state index in [0.29, 0.717) is 23.9 Å². The molecule has 2 rings (SSSR count). The van der Waals surface area contributed by atoms with E-state index < -0.39 is 10.0 Å². The Morgan fingerprint density at radius 1 is 1.50 bits per heavy atom. The zero-order valence-electron chi connectivity index (χ0n) is 10.7. The maximum atomic E-state index is 12.1. The molecule has 1 saturated heterocycles. The van der Waals surface area contributed by atoms with Gasteiger partial charge in [-0.15, -0.1) is 0 Å². The summed E-state index contributed by atoms with van der Waals surface area (Å²) in [6.45, 7) is 5.37. The van der Waals surface area contributed by atoms with Crippen LogP contribution in [0.15, 0.2) is 4.90 Å². The first-order valence-electron chi connectivity index (χ1n) is 6.09. The van der Waals surface area contributed by atoms with Gasteiger partial charge >= 0.3 is 0 Å². The number of rotatable bonds is 5. The molecule has 0 radical (unpaired) electrons. The summed E-state index contributed by atoms with van der Waals surface area (Å²) in [5.74, 6) is 0.472. The Morgan fingerprint density at radius 3 is 2.83 bits per heavy atom. The number of aromatic nitrogens is 2. The average molecular weight is 273 g/mol. The predicted molar refractivity (Wildman–Crippen MR) is 66.8 cm³/mol. The van der Waals surface area contributed by atoms with Crippen LogP contribution in [-0.2, 0) is 14.8 Å². The molecule has 1 aromatic rings. The summed E-state index contributed by atoms with van der Waals surface area (Å²) in [6, 6.07) is 0. The van der Waals surface area contributed by atoms with Gasteiger partial charge in [0.1, 0.15) is 4.90 Å². The molecule has 1 fully saturated rings. The van der Waals surface area contributed by atoms with Crippen molar-refractivity contribution in [1.82, 2.24) is 14.9 Å². The summed E-state index contributed by atoms with van der Waals surface area (Å²) in [5.41, 5.74) is 1.08. The van der Waals surface area contributed by atoms with Crippen LogP contribution in [0.5, 0.6) is 0 Å². The Kier molecular flexibility index (Phi) is 4.04. The minimum Gasteiger partial charge on any atom is -0.381 e. The van der Waals surface area contributed by atoms with Gasteiger partial charge in [-0.25, -0.2) is 13.1 Å². The van der Waals surface area contributed by atoms with Crippen LogP contribution in [0, 0.1) is 19.8 Å². The lowest BCUT2D eigenvalue weighted by Gasteiger charge is -2.09. The lowest BCUT2D eigenvalue weighted by atomic mass is 10.1. The summed E-state index contributed by atoms with van der Waals surface area (Å²) in [7, 11) is -3.45. The van der Waals surface area contributed by atoms with E-state index in [1.807, 2.05) is 0 Å². The van der Waals surface area contributed by atoms with Crippen LogP contribution in [0.3, 0.4) is 0 Å². The zero-order chi connectivity index (χ0) is 13.2. The normalized spacial score (nSPS) is 20.4. The van der Waals surface area contributed by atoms with E-state index >= 15 is 0 Å². The van der Waals surface area contributed by atoms with E-state index in [4.69, 9.17) is 4.74 Å². The molecule has 18 heavy (non-hydrogen) atoms. The number of hydrogen-bond donors (Lipinski definition) is 2. The Labute approximate surface area is 107 Å². The molecule has 1 aliphatic rings. The number of H-pyrrole nitrogens is 1. The lowest BCUT2D eigenvalue weighted by Crippen LogP contribution is -2.27. The first-order valence-corrected chi connectivity index (χ1v) is 7.58. The monoisotopic (exact) mass is 273 g/mol. The van der Waals surface area contributed by atoms with Gasteiger partial charge in [-0.3, -0.25) is 5.10 Å². The molecule has 0 aliphatic carbocycles. The van der Waals surface area contributed by atoms with Gasteiger partial charge in [0.05, 0.1) is 11.4 Å². The highest BCUT2D eigenvalue weighted by molar-refractivity contribution is 7.89. The third-order valence-electron chi connectivity index (χ3n) is 3.20. The van der Waals surface area contributed by atoms with Crippen molar-refractivity contribution in [1.29, 1.82) is 0 Å². The number of hydrogen-bond acceptors (Lipinski definition) is 4. The zero-order valence-corrected chi connectivity index (χ0v) is 11.5. The molecular formula is C11H19N3O3S. The van der Waals surface area contributed by atoms with Crippen molar-refractivity contribution < 1.29 is 13.2 Å². The van der Waals surface area contributed by atoms with Crippen LogP contribution >= 0.6 is 0 Å². The molecule has 102 valence electrons. The quantitative estimate of drug-likeness (QED) is 0.828. The van der Waals surface area contributed by atoms with E-state index in [1.54, 1.807) is 13.8 Å². The SMILES string of the molecule is Cc1n[nH]c(C)c1S(=O)(=O)NCCC1CCOC1. The number of sulfonamides is 1. The minimum atomic E-state index is -3.45. The van der Waals surface area contributed by atoms with E-state index in [1.165, 1.54) is 0 Å². The second kappa shape index (κ2) is 5.38. The highest BCUT2D eigenvalue weighted by Crippen LogP contribution is 2.18. The molecule has 1 atom stereocenters. The van der Waals surface area contributed by atoms with Gasteiger partial charge in [0.15, 0.2) is 0 Å². The number of nitrogens with one attached hydrogen (secondary N) is 2. The molecule has 0 bridgehead atoms.